The summed E-state index contributed by atoms with van der Waals surface area (Å²) in [6.45, 7) is 7.74. The minimum absolute atomic E-state index is 0.482. The number of nitrogens with one attached hydrogen (secondary N) is 1. The molecule has 0 amide bonds. The van der Waals surface area contributed by atoms with Gasteiger partial charge in [-0.25, -0.2) is 0 Å². The fourth-order valence-corrected chi connectivity index (χ4v) is 2.46. The zero-order valence-corrected chi connectivity index (χ0v) is 11.2. The summed E-state index contributed by atoms with van der Waals surface area (Å²) in [5.74, 6) is 1.65. The second-order valence-electron chi connectivity index (χ2n) is 5.36. The average molecular weight is 232 g/mol. The normalized spacial score (nSPS) is 19.0. The monoisotopic (exact) mass is 232 g/mol. The van der Waals surface area contributed by atoms with E-state index in [0.29, 0.717) is 6.04 Å². The number of aryl methyl sites for hydroxylation is 1. The Morgan fingerprint density at radius 3 is 2.71 bits per heavy atom. The van der Waals surface area contributed by atoms with Crippen LogP contribution in [0.1, 0.15) is 50.4 Å². The molecule has 1 aliphatic carbocycles. The highest BCUT2D eigenvalue weighted by molar-refractivity contribution is 5.18. The van der Waals surface area contributed by atoms with Crippen LogP contribution in [0.3, 0.4) is 0 Å². The number of rotatable bonds is 6. The number of aromatic nitrogens is 1. The highest BCUT2D eigenvalue weighted by Gasteiger charge is 2.33. The van der Waals surface area contributed by atoms with Crippen molar-refractivity contribution >= 4 is 0 Å². The van der Waals surface area contributed by atoms with Crippen molar-refractivity contribution in [2.75, 3.05) is 6.54 Å². The first-order valence-corrected chi connectivity index (χ1v) is 6.88. The molecule has 1 aliphatic rings. The second kappa shape index (κ2) is 5.63. The molecule has 0 radical (unpaired) electrons. The van der Waals surface area contributed by atoms with Gasteiger partial charge in [0.25, 0.3) is 0 Å². The smallest absolute Gasteiger partial charge is 0.0372 e. The molecule has 0 saturated heterocycles. The van der Waals surface area contributed by atoms with Crippen LogP contribution in [0.2, 0.25) is 0 Å². The van der Waals surface area contributed by atoms with E-state index in [0.717, 1.165) is 24.1 Å². The molecule has 2 nitrogen and oxygen atoms in total. The van der Waals surface area contributed by atoms with Gasteiger partial charge in [0.15, 0.2) is 0 Å². The first kappa shape index (κ1) is 12.6. The van der Waals surface area contributed by atoms with Crippen molar-refractivity contribution in [3.8, 4) is 0 Å². The molecule has 17 heavy (non-hydrogen) atoms. The van der Waals surface area contributed by atoms with E-state index in [1.54, 1.807) is 0 Å². The molecule has 94 valence electrons. The lowest BCUT2D eigenvalue weighted by Crippen LogP contribution is -2.28. The Labute approximate surface area is 105 Å². The van der Waals surface area contributed by atoms with E-state index >= 15 is 0 Å². The Morgan fingerprint density at radius 1 is 1.41 bits per heavy atom. The summed E-state index contributed by atoms with van der Waals surface area (Å²) in [5.41, 5.74) is 2.45. The van der Waals surface area contributed by atoms with Crippen LogP contribution >= 0.6 is 0 Å². The first-order chi connectivity index (χ1) is 8.22. The number of pyridine rings is 1. The third-order valence-electron chi connectivity index (χ3n) is 3.80. The van der Waals surface area contributed by atoms with Crippen LogP contribution in [-0.4, -0.2) is 11.5 Å². The molecule has 2 atom stereocenters. The lowest BCUT2D eigenvalue weighted by atomic mass is 9.91. The topological polar surface area (TPSA) is 24.9 Å². The number of hydrogen-bond acceptors (Lipinski definition) is 2. The number of nitrogens with zero attached hydrogens (tertiary/aromatic N) is 1. The Kier molecular flexibility index (Phi) is 4.16. The van der Waals surface area contributed by atoms with Gasteiger partial charge in [0, 0.05) is 17.9 Å². The van der Waals surface area contributed by atoms with E-state index in [9.17, 15) is 0 Å². The molecule has 2 unspecified atom stereocenters. The third kappa shape index (κ3) is 3.29. The molecule has 1 heterocycles. The maximum atomic E-state index is 4.43. The van der Waals surface area contributed by atoms with Crippen LogP contribution in [0.4, 0.5) is 0 Å². The van der Waals surface area contributed by atoms with Crippen molar-refractivity contribution in [1.82, 2.24) is 10.3 Å². The Hall–Kier alpha value is -0.890. The van der Waals surface area contributed by atoms with Crippen LogP contribution in [0.5, 0.6) is 0 Å². The van der Waals surface area contributed by atoms with Crippen molar-refractivity contribution in [1.29, 1.82) is 0 Å². The minimum atomic E-state index is 0.482. The Balaban J connectivity index is 2.10. The zero-order chi connectivity index (χ0) is 12.3. The summed E-state index contributed by atoms with van der Waals surface area (Å²) in [5, 5.41) is 3.69. The van der Waals surface area contributed by atoms with Crippen molar-refractivity contribution in [2.24, 2.45) is 11.8 Å². The van der Waals surface area contributed by atoms with E-state index in [1.807, 2.05) is 13.1 Å². The molecule has 1 saturated carbocycles. The van der Waals surface area contributed by atoms with Gasteiger partial charge in [-0.1, -0.05) is 19.9 Å². The van der Waals surface area contributed by atoms with Gasteiger partial charge in [0.2, 0.25) is 0 Å². The fraction of sp³-hybridized carbons (Fsp3) is 0.667. The molecule has 1 fully saturated rings. The van der Waals surface area contributed by atoms with Crippen molar-refractivity contribution < 1.29 is 0 Å². The van der Waals surface area contributed by atoms with Gasteiger partial charge < -0.3 is 5.32 Å². The molecular weight excluding hydrogens is 208 g/mol. The summed E-state index contributed by atoms with van der Waals surface area (Å²) in [7, 11) is 0. The molecule has 0 bridgehead atoms. The van der Waals surface area contributed by atoms with Gasteiger partial charge in [-0.05, 0) is 56.2 Å². The van der Waals surface area contributed by atoms with Gasteiger partial charge in [0.1, 0.15) is 0 Å². The molecule has 2 heteroatoms. The lowest BCUT2D eigenvalue weighted by Gasteiger charge is -2.25. The average Bonchev–Trinajstić information content (AvgIpc) is 3.15. The molecule has 1 aromatic heterocycles. The van der Waals surface area contributed by atoms with Crippen LogP contribution in [0.15, 0.2) is 18.3 Å². The van der Waals surface area contributed by atoms with Crippen molar-refractivity contribution in [3.63, 3.8) is 0 Å². The van der Waals surface area contributed by atoms with Crippen LogP contribution < -0.4 is 5.32 Å². The standard InChI is InChI=1S/C15H24N2/c1-4-9-16-15(12(3)13-7-8-13)14-6-5-11(2)17-10-14/h5-6,10,12-13,15-16H,4,7-9H2,1-3H3. The maximum absolute atomic E-state index is 4.43. The molecule has 1 aromatic rings. The molecular formula is C15H24N2. The highest BCUT2D eigenvalue weighted by Crippen LogP contribution is 2.42. The predicted octanol–water partition coefficient (Wildman–Crippen LogP) is 3.48. The third-order valence-corrected chi connectivity index (χ3v) is 3.80. The first-order valence-electron chi connectivity index (χ1n) is 6.88. The van der Waals surface area contributed by atoms with Gasteiger partial charge >= 0.3 is 0 Å². The van der Waals surface area contributed by atoms with E-state index in [-0.39, 0.29) is 0 Å². The molecule has 0 aliphatic heterocycles. The van der Waals surface area contributed by atoms with Gasteiger partial charge in [0.05, 0.1) is 0 Å². The maximum Gasteiger partial charge on any atom is 0.0372 e. The summed E-state index contributed by atoms with van der Waals surface area (Å²) < 4.78 is 0. The minimum Gasteiger partial charge on any atom is -0.310 e. The van der Waals surface area contributed by atoms with Crippen molar-refractivity contribution in [3.05, 3.63) is 29.6 Å². The van der Waals surface area contributed by atoms with Crippen LogP contribution in [-0.2, 0) is 0 Å². The summed E-state index contributed by atoms with van der Waals surface area (Å²) in [4.78, 5) is 4.43. The lowest BCUT2D eigenvalue weighted by molar-refractivity contribution is 0.349. The summed E-state index contributed by atoms with van der Waals surface area (Å²) >= 11 is 0. The SMILES string of the molecule is CCCNC(c1ccc(C)nc1)C(C)C1CC1. The van der Waals surface area contributed by atoms with E-state index in [4.69, 9.17) is 0 Å². The van der Waals surface area contributed by atoms with Gasteiger partial charge in [-0.3, -0.25) is 4.98 Å². The number of hydrogen-bond donors (Lipinski definition) is 1. The molecule has 1 N–H and O–H groups in total. The van der Waals surface area contributed by atoms with Gasteiger partial charge in [-0.15, -0.1) is 0 Å². The second-order valence-corrected chi connectivity index (χ2v) is 5.36. The van der Waals surface area contributed by atoms with Crippen LogP contribution in [0.25, 0.3) is 0 Å². The van der Waals surface area contributed by atoms with Gasteiger partial charge in [-0.2, -0.15) is 0 Å². The summed E-state index contributed by atoms with van der Waals surface area (Å²) in [6, 6.07) is 4.83. The quantitative estimate of drug-likeness (QED) is 0.812. The predicted molar refractivity (Wildman–Crippen MR) is 71.9 cm³/mol. The Bertz CT molecular complexity index is 340. The zero-order valence-electron chi connectivity index (χ0n) is 11.2. The molecule has 0 spiro atoms. The van der Waals surface area contributed by atoms with Crippen LogP contribution in [0, 0.1) is 18.8 Å². The van der Waals surface area contributed by atoms with E-state index in [1.165, 1.54) is 24.8 Å². The van der Waals surface area contributed by atoms with Crippen molar-refractivity contribution in [2.45, 2.75) is 46.1 Å². The largest absolute Gasteiger partial charge is 0.310 e. The Morgan fingerprint density at radius 2 is 2.18 bits per heavy atom. The molecule has 2 rings (SSSR count). The molecule has 0 aromatic carbocycles. The van der Waals surface area contributed by atoms with E-state index < -0.39 is 0 Å². The fourth-order valence-electron chi connectivity index (χ4n) is 2.46. The highest BCUT2D eigenvalue weighted by atomic mass is 14.9. The summed E-state index contributed by atoms with van der Waals surface area (Å²) in [6.07, 6.45) is 6.05. The van der Waals surface area contributed by atoms with E-state index in [2.05, 4.69) is 36.3 Å².